The first kappa shape index (κ1) is 21.6. The molecule has 1 aliphatic heterocycles. The standard InChI is InChI=1S/C24H26ClN7O/c1-33-14-13-28-24-27-12-10-20-21(22(31-32(20)24)16-5-4-6-17(25)15-16)19-9-11-26-23(30-19)29-18-7-2-3-8-18/h4-6,9,11-12,15,18H,2-3,7-8,10,13-14H2,1H3,(H,26,29,30)/p+1. The normalized spacial score (nSPS) is 15.4. The van der Waals surface area contributed by atoms with Crippen molar-refractivity contribution in [1.29, 1.82) is 0 Å². The van der Waals surface area contributed by atoms with E-state index in [0.717, 1.165) is 41.1 Å². The van der Waals surface area contributed by atoms with Crippen molar-refractivity contribution in [2.75, 3.05) is 25.6 Å². The Morgan fingerprint density at radius 2 is 2.12 bits per heavy atom. The predicted octanol–water partition coefficient (Wildman–Crippen LogP) is 3.15. The van der Waals surface area contributed by atoms with Gasteiger partial charge >= 0.3 is 5.96 Å². The maximum Gasteiger partial charge on any atom is 0.469 e. The summed E-state index contributed by atoms with van der Waals surface area (Å²) in [4.78, 5) is 9.37. The molecule has 0 bridgehead atoms. The van der Waals surface area contributed by atoms with E-state index in [-0.39, 0.29) is 0 Å². The lowest BCUT2D eigenvalue weighted by atomic mass is 10.0. The highest BCUT2D eigenvalue weighted by atomic mass is 35.5. The van der Waals surface area contributed by atoms with Crippen LogP contribution in [0.1, 0.15) is 31.4 Å². The first-order valence-electron chi connectivity index (χ1n) is 11.3. The van der Waals surface area contributed by atoms with Gasteiger partial charge < -0.3 is 10.1 Å². The number of nitrogens with zero attached hydrogens (tertiary/aromatic N) is 5. The Hall–Kier alpha value is -3.19. The van der Waals surface area contributed by atoms with Crippen LogP contribution in [0.15, 0.2) is 36.5 Å². The van der Waals surface area contributed by atoms with Crippen molar-refractivity contribution in [2.45, 2.75) is 38.1 Å². The fourth-order valence-electron chi connectivity index (χ4n) is 4.40. The second kappa shape index (κ2) is 9.75. The lowest BCUT2D eigenvalue weighted by Crippen LogP contribution is -2.38. The number of nitrogens with one attached hydrogen (secondary N) is 2. The van der Waals surface area contributed by atoms with Crippen LogP contribution < -0.4 is 15.3 Å². The van der Waals surface area contributed by atoms with Crippen molar-refractivity contribution in [3.63, 3.8) is 0 Å². The fourth-order valence-corrected chi connectivity index (χ4v) is 4.59. The molecule has 170 valence electrons. The molecule has 5 rings (SSSR count). The van der Waals surface area contributed by atoms with Gasteiger partial charge in [0.15, 0.2) is 0 Å². The average molecular weight is 465 g/mol. The summed E-state index contributed by atoms with van der Waals surface area (Å²) in [6, 6.07) is 10.1. The number of hydrogen-bond acceptors (Lipinski definition) is 6. The lowest BCUT2D eigenvalue weighted by Gasteiger charge is -2.12. The molecule has 1 fully saturated rings. The van der Waals surface area contributed by atoms with E-state index < -0.39 is 0 Å². The molecule has 3 aromatic rings. The first-order chi connectivity index (χ1) is 16.2. The molecule has 0 unspecified atom stereocenters. The van der Waals surface area contributed by atoms with Crippen LogP contribution in [0.5, 0.6) is 0 Å². The van der Waals surface area contributed by atoms with E-state index in [1.165, 1.54) is 12.8 Å². The van der Waals surface area contributed by atoms with Gasteiger partial charge in [-0.3, -0.25) is 5.32 Å². The molecule has 1 aliphatic carbocycles. The smallest absolute Gasteiger partial charge is 0.381 e. The molecule has 1 saturated carbocycles. The molecule has 0 saturated heterocycles. The molecule has 0 amide bonds. The SMILES string of the molecule is COCCNC1=[N+]=CCc2c(-c3ccnc(NC4CCCC4)n3)c(-c3cccc(Cl)c3)nn21. The van der Waals surface area contributed by atoms with Crippen molar-refractivity contribution in [3.05, 3.63) is 47.2 Å². The minimum absolute atomic E-state index is 0.436. The van der Waals surface area contributed by atoms with E-state index in [9.17, 15) is 0 Å². The van der Waals surface area contributed by atoms with Crippen LogP contribution in [0.25, 0.3) is 22.5 Å². The Bertz CT molecular complexity index is 1210. The van der Waals surface area contributed by atoms with Gasteiger partial charge in [0.1, 0.15) is 17.6 Å². The second-order valence-electron chi connectivity index (χ2n) is 8.24. The maximum atomic E-state index is 6.33. The topological polar surface area (TPSA) is 91.0 Å². The van der Waals surface area contributed by atoms with E-state index in [2.05, 4.69) is 20.3 Å². The molecule has 0 radical (unpaired) electrons. The van der Waals surface area contributed by atoms with Gasteiger partial charge in [-0.25, -0.2) is 14.6 Å². The summed E-state index contributed by atoms with van der Waals surface area (Å²) in [5, 5.41) is 12.4. The molecule has 0 spiro atoms. The molecule has 3 heterocycles. The monoisotopic (exact) mass is 464 g/mol. The summed E-state index contributed by atoms with van der Waals surface area (Å²) in [5.74, 6) is 1.32. The largest absolute Gasteiger partial charge is 0.469 e. The molecule has 2 aliphatic rings. The summed E-state index contributed by atoms with van der Waals surface area (Å²) in [6.45, 7) is 1.21. The molecule has 33 heavy (non-hydrogen) atoms. The summed E-state index contributed by atoms with van der Waals surface area (Å²) in [6.07, 6.45) is 9.18. The summed E-state index contributed by atoms with van der Waals surface area (Å²) < 4.78 is 11.6. The molecular formula is C24H27ClN7O+. The molecule has 0 atom stereocenters. The van der Waals surface area contributed by atoms with Crippen molar-refractivity contribution in [1.82, 2.24) is 29.7 Å². The third-order valence-electron chi connectivity index (χ3n) is 5.97. The zero-order valence-electron chi connectivity index (χ0n) is 18.6. The van der Waals surface area contributed by atoms with Crippen LogP contribution in [0.4, 0.5) is 5.95 Å². The van der Waals surface area contributed by atoms with Crippen molar-refractivity contribution < 1.29 is 4.74 Å². The minimum atomic E-state index is 0.436. The van der Waals surface area contributed by atoms with E-state index in [0.29, 0.717) is 42.5 Å². The Labute approximate surface area is 197 Å². The van der Waals surface area contributed by atoms with Gasteiger partial charge in [0.2, 0.25) is 5.95 Å². The Morgan fingerprint density at radius 3 is 2.94 bits per heavy atom. The van der Waals surface area contributed by atoms with E-state index in [1.807, 2.05) is 47.4 Å². The highest BCUT2D eigenvalue weighted by molar-refractivity contribution is 6.30. The van der Waals surface area contributed by atoms with Crippen LogP contribution in [-0.4, -0.2) is 58.2 Å². The number of ether oxygens (including phenoxy) is 1. The second-order valence-corrected chi connectivity index (χ2v) is 8.68. The Balaban J connectivity index is 1.58. The lowest BCUT2D eigenvalue weighted by molar-refractivity contribution is 0.203. The van der Waals surface area contributed by atoms with Gasteiger partial charge in [0.25, 0.3) is 0 Å². The molecule has 8 nitrogen and oxygen atoms in total. The van der Waals surface area contributed by atoms with Gasteiger partial charge in [-0.05, 0) is 31.0 Å². The molecule has 2 aromatic heterocycles. The Morgan fingerprint density at radius 1 is 1.24 bits per heavy atom. The number of aromatic nitrogens is 4. The highest BCUT2D eigenvalue weighted by Crippen LogP contribution is 2.35. The van der Waals surface area contributed by atoms with Crippen molar-refractivity contribution in [3.8, 4) is 22.5 Å². The number of fused-ring (bicyclic) bond motifs is 1. The van der Waals surface area contributed by atoms with Crippen molar-refractivity contribution >= 4 is 29.7 Å². The molecule has 9 heteroatoms. The van der Waals surface area contributed by atoms with Crippen LogP contribution in [0, 0.1) is 0 Å². The predicted molar refractivity (Wildman–Crippen MR) is 132 cm³/mol. The van der Waals surface area contributed by atoms with Gasteiger partial charge in [0.05, 0.1) is 30.8 Å². The maximum absolute atomic E-state index is 6.33. The summed E-state index contributed by atoms with van der Waals surface area (Å²) in [5.41, 5.74) is 4.55. The van der Waals surface area contributed by atoms with Gasteiger partial charge in [-0.1, -0.05) is 41.3 Å². The summed E-state index contributed by atoms with van der Waals surface area (Å²) in [7, 11) is 1.68. The zero-order chi connectivity index (χ0) is 22.6. The fraction of sp³-hybridized carbons (Fsp3) is 0.375. The van der Waals surface area contributed by atoms with Crippen LogP contribution in [0.2, 0.25) is 5.02 Å². The number of benzene rings is 1. The summed E-state index contributed by atoms with van der Waals surface area (Å²) >= 11 is 6.33. The highest BCUT2D eigenvalue weighted by Gasteiger charge is 2.31. The number of rotatable bonds is 7. The van der Waals surface area contributed by atoms with Crippen LogP contribution >= 0.6 is 11.6 Å². The average Bonchev–Trinajstić information content (AvgIpc) is 3.47. The quantitative estimate of drug-likeness (QED) is 0.412. The van der Waals surface area contributed by atoms with E-state index >= 15 is 0 Å². The molecular weight excluding hydrogens is 438 g/mol. The molecule has 1 aromatic carbocycles. The third kappa shape index (κ3) is 4.64. The number of halogens is 1. The number of methoxy groups -OCH3 is 1. The van der Waals surface area contributed by atoms with Gasteiger partial charge in [-0.2, -0.15) is 0 Å². The Kier molecular flexibility index (Phi) is 6.39. The van der Waals surface area contributed by atoms with Crippen LogP contribution in [-0.2, 0) is 11.2 Å². The first-order valence-corrected chi connectivity index (χ1v) is 11.7. The third-order valence-corrected chi connectivity index (χ3v) is 6.20. The zero-order valence-corrected chi connectivity index (χ0v) is 19.3. The van der Waals surface area contributed by atoms with E-state index in [1.54, 1.807) is 7.11 Å². The van der Waals surface area contributed by atoms with Gasteiger partial charge in [0, 0.05) is 29.9 Å². The van der Waals surface area contributed by atoms with Crippen LogP contribution in [0.3, 0.4) is 0 Å². The number of anilines is 1. The number of hydrogen-bond donors (Lipinski definition) is 2. The van der Waals surface area contributed by atoms with E-state index in [4.69, 9.17) is 26.4 Å². The van der Waals surface area contributed by atoms with Gasteiger partial charge in [-0.15, -0.1) is 5.10 Å². The molecule has 2 N–H and O–H groups in total. The van der Waals surface area contributed by atoms with Crippen molar-refractivity contribution in [2.24, 2.45) is 0 Å². The minimum Gasteiger partial charge on any atom is -0.381 e.